The van der Waals surface area contributed by atoms with E-state index in [9.17, 15) is 14.7 Å². The van der Waals surface area contributed by atoms with E-state index in [4.69, 9.17) is 0 Å². The molecule has 1 unspecified atom stereocenters. The zero-order valence-electron chi connectivity index (χ0n) is 24.6. The van der Waals surface area contributed by atoms with Crippen molar-refractivity contribution in [2.24, 2.45) is 5.92 Å². The maximum atomic E-state index is 13.8. The molecule has 1 atom stereocenters. The molecule has 0 radical (unpaired) electrons. The van der Waals surface area contributed by atoms with Gasteiger partial charge in [0.25, 0.3) is 0 Å². The molecule has 0 saturated heterocycles. The summed E-state index contributed by atoms with van der Waals surface area (Å²) in [6, 6.07) is 43.4. The Morgan fingerprint density at radius 2 is 1.20 bits per heavy atom. The van der Waals surface area contributed by atoms with E-state index in [1.54, 1.807) is 6.07 Å². The van der Waals surface area contributed by atoms with Crippen LogP contribution in [0.4, 0.5) is 5.82 Å². The summed E-state index contributed by atoms with van der Waals surface area (Å²) in [6.45, 7) is 0. The number of pyridine rings is 1. The van der Waals surface area contributed by atoms with Crippen molar-refractivity contribution < 1.29 is 14.7 Å². The van der Waals surface area contributed by atoms with Crippen molar-refractivity contribution in [2.75, 3.05) is 5.32 Å². The minimum absolute atomic E-state index is 0.0832. The number of hydrogen-bond acceptors (Lipinski definition) is 3. The summed E-state index contributed by atoms with van der Waals surface area (Å²) in [7, 11) is 0. The van der Waals surface area contributed by atoms with E-state index < -0.39 is 11.4 Å². The lowest BCUT2D eigenvalue weighted by molar-refractivity contribution is -0.118. The lowest BCUT2D eigenvalue weighted by Gasteiger charge is -2.37. The Kier molecular flexibility index (Phi) is 8.64. The first-order chi connectivity index (χ1) is 21.6. The second kappa shape index (κ2) is 13.1. The fourth-order valence-electron chi connectivity index (χ4n) is 6.81. The Morgan fingerprint density at radius 3 is 1.66 bits per heavy atom. The molecule has 6 rings (SSSR count). The number of nitrogens with one attached hydrogen (secondary N) is 1. The summed E-state index contributed by atoms with van der Waals surface area (Å²) in [5.41, 5.74) is 5.12. The lowest BCUT2D eigenvalue weighted by Crippen LogP contribution is -2.31. The smallest absolute Gasteiger partial charge is 0.337 e. The number of carbonyl (C=O) groups excluding carboxylic acids is 1. The molecule has 220 valence electrons. The van der Waals surface area contributed by atoms with Crippen LogP contribution in [0.5, 0.6) is 0 Å². The van der Waals surface area contributed by atoms with Gasteiger partial charge < -0.3 is 10.4 Å². The standard InChI is InChI=1S/C39H36N2O3/c42-37(41-36-25-22-30(27-40-36)38(43)44)35(26-28-12-10-11-13-28)29-20-23-34(24-21-29)39(31-14-4-1-5-15-31,32-16-6-2-7-17-32)33-18-8-3-9-19-33/h1-9,14-25,27-28,35H,10-13,26H2,(H,43,44)(H,40,41,42). The molecule has 4 aromatic carbocycles. The number of benzene rings is 4. The number of hydrogen-bond donors (Lipinski definition) is 2. The van der Waals surface area contributed by atoms with Crippen LogP contribution in [-0.2, 0) is 10.2 Å². The summed E-state index contributed by atoms with van der Waals surface area (Å²) in [4.78, 5) is 29.2. The zero-order chi connectivity index (χ0) is 30.4. The molecule has 5 nitrogen and oxygen atoms in total. The van der Waals surface area contributed by atoms with E-state index in [0.29, 0.717) is 11.7 Å². The topological polar surface area (TPSA) is 79.3 Å². The highest BCUT2D eigenvalue weighted by molar-refractivity contribution is 5.95. The van der Waals surface area contributed by atoms with Crippen molar-refractivity contribution in [2.45, 2.75) is 43.4 Å². The van der Waals surface area contributed by atoms with Gasteiger partial charge in [0, 0.05) is 6.20 Å². The number of aromatic carboxylic acids is 1. The van der Waals surface area contributed by atoms with Gasteiger partial charge in [0.15, 0.2) is 0 Å². The van der Waals surface area contributed by atoms with Gasteiger partial charge in [-0.1, -0.05) is 141 Å². The third kappa shape index (κ3) is 5.91. The van der Waals surface area contributed by atoms with Crippen molar-refractivity contribution in [3.8, 4) is 0 Å². The molecule has 1 heterocycles. The number of nitrogens with zero attached hydrogens (tertiary/aromatic N) is 1. The third-order valence-electron chi connectivity index (χ3n) is 8.99. The second-order valence-electron chi connectivity index (χ2n) is 11.6. The van der Waals surface area contributed by atoms with Crippen LogP contribution in [0.3, 0.4) is 0 Å². The average Bonchev–Trinajstić information content (AvgIpc) is 3.60. The van der Waals surface area contributed by atoms with Crippen molar-refractivity contribution >= 4 is 17.7 Å². The summed E-state index contributed by atoms with van der Waals surface area (Å²) < 4.78 is 0. The average molecular weight is 581 g/mol. The predicted molar refractivity (Wildman–Crippen MR) is 174 cm³/mol. The maximum Gasteiger partial charge on any atom is 0.337 e. The van der Waals surface area contributed by atoms with E-state index in [0.717, 1.165) is 30.4 Å². The SMILES string of the molecule is O=C(O)c1ccc(NC(=O)C(CC2CCCC2)c2ccc(C(c3ccccc3)(c3ccccc3)c3ccccc3)cc2)nc1. The Balaban J connectivity index is 1.41. The molecule has 0 aliphatic heterocycles. The third-order valence-corrected chi connectivity index (χ3v) is 8.99. The van der Waals surface area contributed by atoms with E-state index in [1.165, 1.54) is 41.8 Å². The first-order valence-corrected chi connectivity index (χ1v) is 15.3. The van der Waals surface area contributed by atoms with Crippen LogP contribution in [-0.4, -0.2) is 22.0 Å². The van der Waals surface area contributed by atoms with Gasteiger partial charge in [0.1, 0.15) is 5.82 Å². The van der Waals surface area contributed by atoms with E-state index in [2.05, 4.69) is 107 Å². The van der Waals surface area contributed by atoms with Gasteiger partial charge in [0.2, 0.25) is 5.91 Å². The van der Waals surface area contributed by atoms with E-state index in [-0.39, 0.29) is 17.4 Å². The number of rotatable bonds is 10. The van der Waals surface area contributed by atoms with Gasteiger partial charge in [-0.05, 0) is 52.3 Å². The zero-order valence-corrected chi connectivity index (χ0v) is 24.6. The molecule has 1 amide bonds. The molecule has 1 aliphatic rings. The Labute approximate surface area is 258 Å². The monoisotopic (exact) mass is 580 g/mol. The lowest BCUT2D eigenvalue weighted by atomic mass is 9.65. The number of anilines is 1. The number of carboxylic acids is 1. The molecule has 1 aromatic heterocycles. The summed E-state index contributed by atoms with van der Waals surface area (Å²) >= 11 is 0. The second-order valence-corrected chi connectivity index (χ2v) is 11.6. The molecular weight excluding hydrogens is 544 g/mol. The van der Waals surface area contributed by atoms with E-state index >= 15 is 0 Å². The number of carboxylic acid groups (broad SMARTS) is 1. The van der Waals surface area contributed by atoms with Crippen LogP contribution < -0.4 is 5.32 Å². The van der Waals surface area contributed by atoms with Crippen molar-refractivity contribution in [1.82, 2.24) is 4.98 Å². The summed E-state index contributed by atoms with van der Waals surface area (Å²) in [6.07, 6.45) is 6.70. The highest BCUT2D eigenvalue weighted by Crippen LogP contribution is 2.45. The number of aromatic nitrogens is 1. The fourth-order valence-corrected chi connectivity index (χ4v) is 6.81. The molecule has 0 spiro atoms. The predicted octanol–water partition coefficient (Wildman–Crippen LogP) is 8.47. The highest BCUT2D eigenvalue weighted by Gasteiger charge is 2.38. The molecule has 1 saturated carbocycles. The molecule has 1 aliphatic carbocycles. The van der Waals surface area contributed by atoms with Crippen LogP contribution in [0, 0.1) is 5.92 Å². The van der Waals surface area contributed by atoms with Crippen molar-refractivity contribution in [3.05, 3.63) is 167 Å². The molecular formula is C39H36N2O3. The number of carbonyl (C=O) groups is 2. The molecule has 1 fully saturated rings. The Hall–Kier alpha value is -5.03. The van der Waals surface area contributed by atoms with Crippen molar-refractivity contribution in [1.29, 1.82) is 0 Å². The normalized spacial score (nSPS) is 14.2. The summed E-state index contributed by atoms with van der Waals surface area (Å²) in [5.74, 6) is -0.686. The van der Waals surface area contributed by atoms with Crippen LogP contribution in [0.2, 0.25) is 0 Å². The quantitative estimate of drug-likeness (QED) is 0.162. The first kappa shape index (κ1) is 29.1. The maximum absolute atomic E-state index is 13.8. The van der Waals surface area contributed by atoms with E-state index in [1.807, 2.05) is 18.2 Å². The molecule has 0 bridgehead atoms. The summed E-state index contributed by atoms with van der Waals surface area (Å²) in [5, 5.41) is 12.2. The van der Waals surface area contributed by atoms with Crippen molar-refractivity contribution in [3.63, 3.8) is 0 Å². The minimum Gasteiger partial charge on any atom is -0.478 e. The van der Waals surface area contributed by atoms with Gasteiger partial charge in [-0.25, -0.2) is 9.78 Å². The van der Waals surface area contributed by atoms with Crippen LogP contribution in [0.25, 0.3) is 0 Å². The molecule has 2 N–H and O–H groups in total. The largest absolute Gasteiger partial charge is 0.478 e. The van der Waals surface area contributed by atoms with Crippen LogP contribution in [0.1, 0.15) is 76.2 Å². The number of amides is 1. The Morgan fingerprint density at radius 1 is 0.705 bits per heavy atom. The van der Waals surface area contributed by atoms with Gasteiger partial charge >= 0.3 is 5.97 Å². The molecule has 5 heteroatoms. The fraction of sp³-hybridized carbons (Fsp3) is 0.205. The van der Waals surface area contributed by atoms with Gasteiger partial charge in [-0.15, -0.1) is 0 Å². The first-order valence-electron chi connectivity index (χ1n) is 15.3. The van der Waals surface area contributed by atoms with Gasteiger partial charge in [-0.3, -0.25) is 4.79 Å². The highest BCUT2D eigenvalue weighted by atomic mass is 16.4. The van der Waals surface area contributed by atoms with Gasteiger partial charge in [0.05, 0.1) is 16.9 Å². The molecule has 5 aromatic rings. The minimum atomic E-state index is -1.05. The van der Waals surface area contributed by atoms with Crippen LogP contribution in [0.15, 0.2) is 134 Å². The molecule has 44 heavy (non-hydrogen) atoms. The van der Waals surface area contributed by atoms with Gasteiger partial charge in [-0.2, -0.15) is 0 Å². The Bertz CT molecular complexity index is 1580. The van der Waals surface area contributed by atoms with Crippen LogP contribution >= 0.6 is 0 Å².